The maximum absolute atomic E-state index is 14.0. The maximum Gasteiger partial charge on any atom is 0.255 e. The van der Waals surface area contributed by atoms with Crippen LogP contribution in [0.2, 0.25) is 0 Å². The van der Waals surface area contributed by atoms with Crippen molar-refractivity contribution in [2.75, 3.05) is 27.9 Å². The number of benzene rings is 3. The van der Waals surface area contributed by atoms with Crippen LogP contribution in [0, 0.1) is 11.6 Å². The van der Waals surface area contributed by atoms with Crippen LogP contribution >= 0.6 is 0 Å². The number of carbonyl (C=O) groups excluding carboxylic acids is 1. The SMILES string of the molecule is COc1c(Oc2ccc(CCN)cc2)cc(C(=O)NCc2cccc(F)c2F)c(OC)c1OC. The standard InChI is InChI=1S/C25H26F2N2O5/c1-31-22-18(25(30)29-14-16-5-4-6-19(26)21(16)27)13-20(23(32-2)24(22)33-3)34-17-9-7-15(8-10-17)11-12-28/h4-10,13H,11-12,14,28H2,1-3H3,(H,29,30). The molecule has 0 radical (unpaired) electrons. The van der Waals surface area contributed by atoms with E-state index < -0.39 is 17.5 Å². The van der Waals surface area contributed by atoms with Crippen LogP contribution in [0.4, 0.5) is 8.78 Å². The minimum absolute atomic E-state index is 0.00170. The topological polar surface area (TPSA) is 92.0 Å². The summed E-state index contributed by atoms with van der Waals surface area (Å²) in [5, 5.41) is 2.57. The Hall–Kier alpha value is -3.85. The third-order valence-corrected chi connectivity index (χ3v) is 5.07. The fourth-order valence-electron chi connectivity index (χ4n) is 3.40. The highest BCUT2D eigenvalue weighted by Gasteiger charge is 2.26. The van der Waals surface area contributed by atoms with E-state index in [0.717, 1.165) is 18.1 Å². The van der Waals surface area contributed by atoms with Crippen molar-refractivity contribution in [1.82, 2.24) is 5.32 Å². The summed E-state index contributed by atoms with van der Waals surface area (Å²) in [5.74, 6) is -1.46. The molecule has 0 bridgehead atoms. The van der Waals surface area contributed by atoms with E-state index in [0.29, 0.717) is 12.3 Å². The third kappa shape index (κ3) is 5.37. The lowest BCUT2D eigenvalue weighted by Gasteiger charge is -2.19. The molecule has 0 aliphatic heterocycles. The highest BCUT2D eigenvalue weighted by atomic mass is 19.2. The van der Waals surface area contributed by atoms with Crippen LogP contribution in [-0.2, 0) is 13.0 Å². The van der Waals surface area contributed by atoms with E-state index in [1.54, 1.807) is 12.1 Å². The van der Waals surface area contributed by atoms with E-state index in [1.165, 1.54) is 39.5 Å². The number of nitrogens with one attached hydrogen (secondary N) is 1. The zero-order valence-corrected chi connectivity index (χ0v) is 19.1. The van der Waals surface area contributed by atoms with Gasteiger partial charge in [0.1, 0.15) is 5.75 Å². The Morgan fingerprint density at radius 1 is 0.941 bits per heavy atom. The monoisotopic (exact) mass is 472 g/mol. The second kappa shape index (κ2) is 11.3. The Balaban J connectivity index is 1.95. The molecule has 0 atom stereocenters. The summed E-state index contributed by atoms with van der Waals surface area (Å²) in [6.07, 6.45) is 0.732. The number of ether oxygens (including phenoxy) is 4. The molecule has 34 heavy (non-hydrogen) atoms. The average Bonchev–Trinajstić information content (AvgIpc) is 2.85. The van der Waals surface area contributed by atoms with Crippen molar-refractivity contribution in [2.45, 2.75) is 13.0 Å². The van der Waals surface area contributed by atoms with Crippen molar-refractivity contribution in [1.29, 1.82) is 0 Å². The molecule has 0 aliphatic rings. The Kier molecular flexibility index (Phi) is 8.26. The molecule has 0 unspecified atom stereocenters. The van der Waals surface area contributed by atoms with E-state index in [1.807, 2.05) is 12.1 Å². The predicted octanol–water partition coefficient (Wildman–Crippen LogP) is 4.21. The second-order valence-corrected chi connectivity index (χ2v) is 7.20. The average molecular weight is 472 g/mol. The van der Waals surface area contributed by atoms with Crippen LogP contribution in [0.5, 0.6) is 28.7 Å². The Bertz CT molecular complexity index is 1150. The van der Waals surface area contributed by atoms with Gasteiger partial charge in [-0.3, -0.25) is 4.79 Å². The van der Waals surface area contributed by atoms with Gasteiger partial charge in [-0.15, -0.1) is 0 Å². The summed E-state index contributed by atoms with van der Waals surface area (Å²) < 4.78 is 49.8. The summed E-state index contributed by atoms with van der Waals surface area (Å²) in [6, 6.07) is 12.5. The molecular formula is C25H26F2N2O5. The molecule has 0 saturated heterocycles. The maximum atomic E-state index is 14.0. The van der Waals surface area contributed by atoms with Crippen LogP contribution < -0.4 is 30.0 Å². The summed E-state index contributed by atoms with van der Waals surface area (Å²) in [4.78, 5) is 13.0. The Labute approximate surface area is 196 Å². The minimum Gasteiger partial charge on any atom is -0.492 e. The van der Waals surface area contributed by atoms with Gasteiger partial charge in [0.05, 0.1) is 26.9 Å². The van der Waals surface area contributed by atoms with Gasteiger partial charge in [-0.1, -0.05) is 24.3 Å². The fourth-order valence-corrected chi connectivity index (χ4v) is 3.40. The molecule has 0 heterocycles. The lowest BCUT2D eigenvalue weighted by molar-refractivity contribution is 0.0946. The first-order valence-corrected chi connectivity index (χ1v) is 10.4. The van der Waals surface area contributed by atoms with Gasteiger partial charge in [0.15, 0.2) is 23.1 Å². The number of methoxy groups -OCH3 is 3. The molecule has 0 aliphatic carbocycles. The van der Waals surface area contributed by atoms with Gasteiger partial charge >= 0.3 is 0 Å². The summed E-state index contributed by atoms with van der Waals surface area (Å²) >= 11 is 0. The molecule has 180 valence electrons. The van der Waals surface area contributed by atoms with Gasteiger partial charge in [-0.25, -0.2) is 8.78 Å². The smallest absolute Gasteiger partial charge is 0.255 e. The van der Waals surface area contributed by atoms with Crippen molar-refractivity contribution in [3.63, 3.8) is 0 Å². The molecule has 0 fully saturated rings. The van der Waals surface area contributed by atoms with Gasteiger partial charge in [-0.05, 0) is 36.7 Å². The zero-order valence-electron chi connectivity index (χ0n) is 19.1. The second-order valence-electron chi connectivity index (χ2n) is 7.20. The summed E-state index contributed by atoms with van der Waals surface area (Å²) in [7, 11) is 4.20. The van der Waals surface area contributed by atoms with Crippen molar-refractivity contribution < 1.29 is 32.5 Å². The molecule has 3 aromatic rings. The van der Waals surface area contributed by atoms with Crippen LogP contribution in [0.3, 0.4) is 0 Å². The Morgan fingerprint density at radius 2 is 1.62 bits per heavy atom. The van der Waals surface area contributed by atoms with E-state index in [4.69, 9.17) is 24.7 Å². The van der Waals surface area contributed by atoms with Crippen molar-refractivity contribution in [2.24, 2.45) is 5.73 Å². The lowest BCUT2D eigenvalue weighted by Crippen LogP contribution is -2.24. The number of nitrogens with two attached hydrogens (primary N) is 1. The van der Waals surface area contributed by atoms with Gasteiger partial charge in [0, 0.05) is 18.2 Å². The molecule has 0 aromatic heterocycles. The minimum atomic E-state index is -1.02. The number of amides is 1. The van der Waals surface area contributed by atoms with Gasteiger partial charge in [0.25, 0.3) is 5.91 Å². The first-order valence-electron chi connectivity index (χ1n) is 10.4. The van der Waals surface area contributed by atoms with E-state index in [2.05, 4.69) is 5.32 Å². The Morgan fingerprint density at radius 3 is 2.24 bits per heavy atom. The third-order valence-electron chi connectivity index (χ3n) is 5.07. The number of hydrogen-bond acceptors (Lipinski definition) is 6. The van der Waals surface area contributed by atoms with E-state index in [9.17, 15) is 13.6 Å². The van der Waals surface area contributed by atoms with Crippen molar-refractivity contribution in [3.05, 3.63) is 76.9 Å². The van der Waals surface area contributed by atoms with Crippen LogP contribution in [0.15, 0.2) is 48.5 Å². The molecule has 0 saturated carbocycles. The van der Waals surface area contributed by atoms with Gasteiger partial charge in [0.2, 0.25) is 11.5 Å². The normalized spacial score (nSPS) is 10.5. The molecule has 3 aromatic carbocycles. The lowest BCUT2D eigenvalue weighted by atomic mass is 10.1. The van der Waals surface area contributed by atoms with E-state index >= 15 is 0 Å². The number of halogens is 2. The first-order chi connectivity index (χ1) is 16.4. The molecule has 7 nitrogen and oxygen atoms in total. The molecule has 3 rings (SSSR count). The zero-order chi connectivity index (χ0) is 24.7. The molecule has 1 amide bonds. The highest BCUT2D eigenvalue weighted by Crippen LogP contribution is 2.48. The molecule has 9 heteroatoms. The first kappa shape index (κ1) is 24.8. The van der Waals surface area contributed by atoms with Gasteiger partial charge in [-0.2, -0.15) is 0 Å². The molecular weight excluding hydrogens is 446 g/mol. The van der Waals surface area contributed by atoms with Crippen LogP contribution in [0.25, 0.3) is 0 Å². The fraction of sp³-hybridized carbons (Fsp3) is 0.240. The van der Waals surface area contributed by atoms with Crippen molar-refractivity contribution in [3.8, 4) is 28.7 Å². The van der Waals surface area contributed by atoms with Crippen molar-refractivity contribution >= 4 is 5.91 Å². The quantitative estimate of drug-likeness (QED) is 0.459. The number of carbonyl (C=O) groups is 1. The summed E-state index contributed by atoms with van der Waals surface area (Å²) in [6.45, 7) is 0.292. The van der Waals surface area contributed by atoms with Gasteiger partial charge < -0.3 is 30.0 Å². The number of rotatable bonds is 10. The molecule has 3 N–H and O–H groups in total. The molecule has 0 spiro atoms. The highest BCUT2D eigenvalue weighted by molar-refractivity contribution is 5.99. The predicted molar refractivity (Wildman–Crippen MR) is 123 cm³/mol. The van der Waals surface area contributed by atoms with E-state index in [-0.39, 0.29) is 40.7 Å². The van der Waals surface area contributed by atoms with Crippen LogP contribution in [0.1, 0.15) is 21.5 Å². The van der Waals surface area contributed by atoms with Crippen LogP contribution in [-0.4, -0.2) is 33.8 Å². The largest absolute Gasteiger partial charge is 0.492 e. The summed E-state index contributed by atoms with van der Waals surface area (Å²) in [5.41, 5.74) is 6.71. The number of hydrogen-bond donors (Lipinski definition) is 2.